The highest BCUT2D eigenvalue weighted by Gasteiger charge is 2.47. The molecule has 328 valence electrons. The molecule has 3 heteroatoms. The van der Waals surface area contributed by atoms with Crippen LogP contribution in [0.2, 0.25) is 0 Å². The van der Waals surface area contributed by atoms with E-state index < -0.39 is 5.41 Å². The molecule has 0 radical (unpaired) electrons. The zero-order chi connectivity index (χ0) is 46.2. The van der Waals surface area contributed by atoms with Crippen molar-refractivity contribution >= 4 is 70.5 Å². The van der Waals surface area contributed by atoms with Gasteiger partial charge in [0.25, 0.3) is 0 Å². The van der Waals surface area contributed by atoms with E-state index >= 15 is 0 Å². The SMILES string of the molecule is c1ccc(C2(c3ccccc3)c3ccccc3-c3c(N(c4ccc(-c5cccc(-c6ccc7oc8ccccc8c7c6)c5)cc4)c4cccc(-c5ccc6sc7ccccc7c6c5)c4)cccc32)cc1. The van der Waals surface area contributed by atoms with Gasteiger partial charge in [-0.1, -0.05) is 188 Å². The van der Waals surface area contributed by atoms with Crippen LogP contribution in [-0.4, -0.2) is 0 Å². The molecule has 11 aromatic carbocycles. The number of anilines is 3. The fourth-order valence-electron chi connectivity index (χ4n) is 11.4. The Kier molecular flexibility index (Phi) is 9.33. The zero-order valence-corrected chi connectivity index (χ0v) is 38.9. The Morgan fingerprint density at radius 1 is 0.329 bits per heavy atom. The lowest BCUT2D eigenvalue weighted by Crippen LogP contribution is -2.28. The highest BCUT2D eigenvalue weighted by atomic mass is 32.1. The molecule has 0 atom stereocenters. The molecule has 1 aliphatic carbocycles. The fraction of sp³-hybridized carbons (Fsp3) is 0.0149. The van der Waals surface area contributed by atoms with Gasteiger partial charge < -0.3 is 9.32 Å². The van der Waals surface area contributed by atoms with Crippen molar-refractivity contribution in [2.24, 2.45) is 0 Å². The van der Waals surface area contributed by atoms with Gasteiger partial charge in [-0.05, 0) is 134 Å². The normalized spacial score (nSPS) is 12.7. The topological polar surface area (TPSA) is 16.4 Å². The van der Waals surface area contributed by atoms with Crippen molar-refractivity contribution in [2.45, 2.75) is 5.41 Å². The van der Waals surface area contributed by atoms with Crippen LogP contribution in [0, 0.1) is 0 Å². The summed E-state index contributed by atoms with van der Waals surface area (Å²) in [5.41, 5.74) is 19.1. The van der Waals surface area contributed by atoms with Crippen molar-refractivity contribution in [3.63, 3.8) is 0 Å². The molecule has 0 N–H and O–H groups in total. The fourth-order valence-corrected chi connectivity index (χ4v) is 12.5. The van der Waals surface area contributed by atoms with Crippen molar-refractivity contribution in [2.75, 3.05) is 4.90 Å². The molecule has 14 rings (SSSR count). The largest absolute Gasteiger partial charge is 0.456 e. The maximum atomic E-state index is 6.17. The average Bonchev–Trinajstić information content (AvgIpc) is 4.10. The summed E-state index contributed by atoms with van der Waals surface area (Å²) in [4.78, 5) is 2.48. The number of fused-ring (bicyclic) bond motifs is 9. The van der Waals surface area contributed by atoms with Crippen molar-refractivity contribution in [1.29, 1.82) is 0 Å². The molecule has 0 unspecified atom stereocenters. The van der Waals surface area contributed by atoms with Crippen LogP contribution in [0.5, 0.6) is 0 Å². The van der Waals surface area contributed by atoms with E-state index in [9.17, 15) is 0 Å². The number of para-hydroxylation sites is 1. The second kappa shape index (κ2) is 16.2. The quantitative estimate of drug-likeness (QED) is 0.151. The van der Waals surface area contributed by atoms with Crippen LogP contribution in [0.4, 0.5) is 17.1 Å². The lowest BCUT2D eigenvalue weighted by atomic mass is 9.68. The minimum Gasteiger partial charge on any atom is -0.456 e. The minimum absolute atomic E-state index is 0.527. The number of rotatable bonds is 8. The first-order chi connectivity index (χ1) is 34.7. The summed E-state index contributed by atoms with van der Waals surface area (Å²) < 4.78 is 8.79. The summed E-state index contributed by atoms with van der Waals surface area (Å²) in [6.07, 6.45) is 0. The number of furan rings is 1. The van der Waals surface area contributed by atoms with E-state index in [1.165, 1.54) is 70.2 Å². The molecular formula is C67H43NOS. The summed E-state index contributed by atoms with van der Waals surface area (Å²) >= 11 is 1.86. The standard InChI is InChI=1S/C67H43NOS/c1-3-19-50(20-4-1)67(51-21-5-2-6-22-51)59-27-10-7-26-56(59)66-60(67)28-15-29-61(66)68(53-23-14-18-47(41-53)49-35-39-65-58(43-49)55-25-9-12-31-64(55)70-65)52-36-32-44(33-37-52)45-16-13-17-46(40-45)48-34-38-63-57(42-48)54-24-8-11-30-62(54)69-63/h1-43H. The zero-order valence-electron chi connectivity index (χ0n) is 38.1. The van der Waals surface area contributed by atoms with Crippen LogP contribution >= 0.6 is 11.3 Å². The van der Waals surface area contributed by atoms with Crippen LogP contribution in [0.3, 0.4) is 0 Å². The molecule has 0 saturated heterocycles. The molecule has 2 heterocycles. The Bertz CT molecular complexity index is 4090. The summed E-state index contributed by atoms with van der Waals surface area (Å²) in [6.45, 7) is 0. The van der Waals surface area contributed by atoms with Crippen molar-refractivity contribution in [3.05, 3.63) is 283 Å². The summed E-state index contributed by atoms with van der Waals surface area (Å²) in [5.74, 6) is 0. The maximum absolute atomic E-state index is 6.17. The van der Waals surface area contributed by atoms with Crippen LogP contribution in [0.15, 0.2) is 265 Å². The van der Waals surface area contributed by atoms with E-state index in [1.807, 2.05) is 23.5 Å². The number of nitrogens with zero attached hydrogens (tertiary/aromatic N) is 1. The number of thiophene rings is 1. The molecule has 13 aromatic rings. The molecule has 0 fully saturated rings. The van der Waals surface area contributed by atoms with Gasteiger partial charge in [0.05, 0.1) is 11.1 Å². The third-order valence-electron chi connectivity index (χ3n) is 14.5. The molecule has 70 heavy (non-hydrogen) atoms. The van der Waals surface area contributed by atoms with Crippen molar-refractivity contribution in [3.8, 4) is 44.5 Å². The second-order valence-electron chi connectivity index (χ2n) is 18.4. The van der Waals surface area contributed by atoms with Gasteiger partial charge in [-0.25, -0.2) is 0 Å². The minimum atomic E-state index is -0.527. The number of hydrogen-bond donors (Lipinski definition) is 0. The van der Waals surface area contributed by atoms with E-state index in [-0.39, 0.29) is 0 Å². The molecular weight excluding hydrogens is 867 g/mol. The highest BCUT2D eigenvalue weighted by molar-refractivity contribution is 7.25. The molecule has 0 amide bonds. The first kappa shape index (κ1) is 40.3. The third kappa shape index (κ3) is 6.32. The first-order valence-corrected chi connectivity index (χ1v) is 24.8. The Labute approximate surface area is 410 Å². The van der Waals surface area contributed by atoms with Crippen molar-refractivity contribution < 1.29 is 4.42 Å². The Morgan fingerprint density at radius 3 is 1.69 bits per heavy atom. The van der Waals surface area contributed by atoms with E-state index in [1.54, 1.807) is 0 Å². The lowest BCUT2D eigenvalue weighted by molar-refractivity contribution is 0.669. The molecule has 0 saturated carbocycles. The van der Waals surface area contributed by atoms with Crippen LogP contribution in [0.1, 0.15) is 22.3 Å². The second-order valence-corrected chi connectivity index (χ2v) is 19.4. The molecule has 0 spiro atoms. The van der Waals surface area contributed by atoms with Gasteiger partial charge >= 0.3 is 0 Å². The molecule has 2 nitrogen and oxygen atoms in total. The maximum Gasteiger partial charge on any atom is 0.135 e. The third-order valence-corrected chi connectivity index (χ3v) is 15.7. The molecule has 0 bridgehead atoms. The number of hydrogen-bond acceptors (Lipinski definition) is 3. The predicted molar refractivity (Wildman–Crippen MR) is 295 cm³/mol. The van der Waals surface area contributed by atoms with E-state index in [0.29, 0.717) is 0 Å². The van der Waals surface area contributed by atoms with Crippen LogP contribution in [-0.2, 0) is 5.41 Å². The van der Waals surface area contributed by atoms with E-state index in [0.717, 1.165) is 55.7 Å². The Balaban J connectivity index is 0.938. The van der Waals surface area contributed by atoms with E-state index in [2.05, 4.69) is 254 Å². The Hall–Kier alpha value is -8.76. The average molecular weight is 910 g/mol. The van der Waals surface area contributed by atoms with Gasteiger partial charge in [0.1, 0.15) is 11.2 Å². The lowest BCUT2D eigenvalue weighted by Gasteiger charge is -2.34. The monoisotopic (exact) mass is 909 g/mol. The summed E-state index contributed by atoms with van der Waals surface area (Å²) in [6, 6.07) is 95.8. The van der Waals surface area contributed by atoms with Gasteiger partial charge in [0.15, 0.2) is 0 Å². The van der Waals surface area contributed by atoms with Crippen LogP contribution in [0.25, 0.3) is 86.6 Å². The summed E-state index contributed by atoms with van der Waals surface area (Å²) in [7, 11) is 0. The first-order valence-electron chi connectivity index (χ1n) is 24.0. The van der Waals surface area contributed by atoms with Crippen LogP contribution < -0.4 is 4.90 Å². The smallest absolute Gasteiger partial charge is 0.135 e. The molecule has 1 aliphatic rings. The van der Waals surface area contributed by atoms with Crippen molar-refractivity contribution in [1.82, 2.24) is 0 Å². The molecule has 0 aliphatic heterocycles. The van der Waals surface area contributed by atoms with E-state index in [4.69, 9.17) is 4.42 Å². The van der Waals surface area contributed by atoms with Gasteiger partial charge in [0.2, 0.25) is 0 Å². The predicted octanol–water partition coefficient (Wildman–Crippen LogP) is 18.8. The Morgan fingerprint density at radius 2 is 0.886 bits per heavy atom. The molecule has 2 aromatic heterocycles. The summed E-state index contributed by atoms with van der Waals surface area (Å²) in [5, 5.41) is 4.87. The van der Waals surface area contributed by atoms with Gasteiger partial charge in [-0.3, -0.25) is 0 Å². The van der Waals surface area contributed by atoms with Gasteiger partial charge in [-0.15, -0.1) is 11.3 Å². The number of benzene rings is 11. The highest BCUT2D eigenvalue weighted by Crippen LogP contribution is 2.59. The van der Waals surface area contributed by atoms with Gasteiger partial charge in [0, 0.05) is 47.9 Å². The van der Waals surface area contributed by atoms with Gasteiger partial charge in [-0.2, -0.15) is 0 Å².